The SMILES string of the molecule is CCCN1CCC[C@@H]2Cc3c(ccc(OCc4ccccc4)c3O[C@@H]3O[C@H](C(=O)O)[C@@H](O)[C@H](O)[C@H]3O)C[C@H]21. The zero-order valence-electron chi connectivity index (χ0n) is 21.6. The molecule has 2 heterocycles. The van der Waals surface area contributed by atoms with Gasteiger partial charge in [0, 0.05) is 11.6 Å². The molecule has 0 unspecified atom stereocenters. The molecule has 0 radical (unpaired) electrons. The van der Waals surface area contributed by atoms with E-state index >= 15 is 0 Å². The number of hydrogen-bond acceptors (Lipinski definition) is 8. The Hall–Kier alpha value is -2.69. The molecule has 206 valence electrons. The number of carboxylic acid groups (broad SMARTS) is 1. The number of aliphatic carboxylic acids is 1. The molecular formula is C29H37NO8. The molecule has 0 amide bonds. The maximum absolute atomic E-state index is 11.7. The minimum absolute atomic E-state index is 0.291. The summed E-state index contributed by atoms with van der Waals surface area (Å²) in [6.45, 7) is 4.66. The third kappa shape index (κ3) is 5.39. The number of benzene rings is 2. The van der Waals surface area contributed by atoms with E-state index in [1.54, 1.807) is 0 Å². The summed E-state index contributed by atoms with van der Waals surface area (Å²) >= 11 is 0. The van der Waals surface area contributed by atoms with Crippen molar-refractivity contribution in [3.8, 4) is 11.5 Å². The molecule has 2 fully saturated rings. The van der Waals surface area contributed by atoms with Crippen LogP contribution in [-0.2, 0) is 29.0 Å². The molecule has 0 aromatic heterocycles. The first kappa shape index (κ1) is 26.9. The Kier molecular flexibility index (Phi) is 8.20. The van der Waals surface area contributed by atoms with Crippen LogP contribution in [0.15, 0.2) is 42.5 Å². The molecule has 0 saturated carbocycles. The summed E-state index contributed by atoms with van der Waals surface area (Å²) in [7, 11) is 0. The number of carboxylic acids is 1. The van der Waals surface area contributed by atoms with Crippen molar-refractivity contribution in [3.63, 3.8) is 0 Å². The summed E-state index contributed by atoms with van der Waals surface area (Å²) in [5, 5.41) is 40.6. The molecule has 0 bridgehead atoms. The quantitative estimate of drug-likeness (QED) is 0.408. The lowest BCUT2D eigenvalue weighted by molar-refractivity contribution is -0.271. The third-order valence-corrected chi connectivity index (χ3v) is 8.05. The molecule has 7 atom stereocenters. The van der Waals surface area contributed by atoms with E-state index in [0.717, 1.165) is 61.9 Å². The summed E-state index contributed by atoms with van der Waals surface area (Å²) in [5.74, 6) is -0.170. The van der Waals surface area contributed by atoms with Crippen molar-refractivity contribution >= 4 is 5.97 Å². The molecule has 2 aromatic rings. The molecule has 2 aromatic carbocycles. The van der Waals surface area contributed by atoms with Gasteiger partial charge in [-0.25, -0.2) is 4.79 Å². The Balaban J connectivity index is 1.48. The fourth-order valence-corrected chi connectivity index (χ4v) is 6.10. The highest BCUT2D eigenvalue weighted by atomic mass is 16.7. The summed E-state index contributed by atoms with van der Waals surface area (Å²) < 4.78 is 17.8. The van der Waals surface area contributed by atoms with Gasteiger partial charge in [0.1, 0.15) is 24.9 Å². The van der Waals surface area contributed by atoms with Crippen molar-refractivity contribution in [3.05, 3.63) is 59.2 Å². The highest BCUT2D eigenvalue weighted by molar-refractivity contribution is 5.73. The number of nitrogens with zero attached hydrogens (tertiary/aromatic N) is 1. The fraction of sp³-hybridized carbons (Fsp3) is 0.552. The first-order valence-corrected chi connectivity index (χ1v) is 13.5. The van der Waals surface area contributed by atoms with E-state index in [4.69, 9.17) is 14.2 Å². The average molecular weight is 528 g/mol. The number of hydrogen-bond donors (Lipinski definition) is 4. The van der Waals surface area contributed by atoms with E-state index in [9.17, 15) is 25.2 Å². The molecule has 2 aliphatic heterocycles. The number of piperidine rings is 1. The van der Waals surface area contributed by atoms with Crippen LogP contribution in [0.25, 0.3) is 0 Å². The van der Waals surface area contributed by atoms with E-state index in [2.05, 4.69) is 17.9 Å². The number of likely N-dealkylation sites (tertiary alicyclic amines) is 1. The van der Waals surface area contributed by atoms with Gasteiger partial charge in [0.15, 0.2) is 17.6 Å². The molecular weight excluding hydrogens is 490 g/mol. The minimum atomic E-state index is -1.78. The zero-order chi connectivity index (χ0) is 26.8. The molecule has 9 heteroatoms. The molecule has 0 spiro atoms. The second kappa shape index (κ2) is 11.6. The van der Waals surface area contributed by atoms with Gasteiger partial charge in [0.2, 0.25) is 6.29 Å². The Bertz CT molecular complexity index is 1110. The fourth-order valence-electron chi connectivity index (χ4n) is 6.10. The first-order chi connectivity index (χ1) is 18.4. The number of aliphatic hydroxyl groups is 3. The van der Waals surface area contributed by atoms with Crippen molar-refractivity contribution < 1.29 is 39.4 Å². The van der Waals surface area contributed by atoms with Crippen molar-refractivity contribution in [2.75, 3.05) is 13.1 Å². The van der Waals surface area contributed by atoms with Gasteiger partial charge >= 0.3 is 5.97 Å². The standard InChI is InChI=1S/C29H37NO8/c1-2-12-30-13-6-9-19-14-20-18(15-21(19)30)10-11-22(36-16-17-7-4-3-5-8-17)26(20)37-29-25(33)23(31)24(32)27(38-29)28(34)35/h3-5,7-8,10-11,19,21,23-25,27,29,31-33H,2,6,9,12-16H2,1H3,(H,34,35)/t19-,21-,23+,24+,25-,27+,29-/m1/s1. The third-order valence-electron chi connectivity index (χ3n) is 8.05. The van der Waals surface area contributed by atoms with Crippen LogP contribution >= 0.6 is 0 Å². The predicted molar refractivity (Wildman–Crippen MR) is 138 cm³/mol. The van der Waals surface area contributed by atoms with Crippen LogP contribution in [-0.4, -0.2) is 81.1 Å². The van der Waals surface area contributed by atoms with Crippen molar-refractivity contribution in [1.82, 2.24) is 4.90 Å². The number of rotatable bonds is 8. The summed E-state index contributed by atoms with van der Waals surface area (Å²) in [5.41, 5.74) is 3.05. The van der Waals surface area contributed by atoms with E-state index in [1.165, 1.54) is 0 Å². The smallest absolute Gasteiger partial charge is 0.335 e. The Morgan fingerprint density at radius 2 is 1.84 bits per heavy atom. The molecule has 4 N–H and O–H groups in total. The van der Waals surface area contributed by atoms with Gasteiger partial charge in [0.25, 0.3) is 0 Å². The van der Waals surface area contributed by atoms with Crippen molar-refractivity contribution in [2.24, 2.45) is 5.92 Å². The zero-order valence-corrected chi connectivity index (χ0v) is 21.6. The van der Waals surface area contributed by atoms with Gasteiger partial charge < -0.3 is 34.6 Å². The Morgan fingerprint density at radius 3 is 2.58 bits per heavy atom. The lowest BCUT2D eigenvalue weighted by Gasteiger charge is -2.45. The molecule has 2 saturated heterocycles. The van der Waals surface area contributed by atoms with Gasteiger partial charge in [-0.2, -0.15) is 0 Å². The molecule has 3 aliphatic rings. The van der Waals surface area contributed by atoms with Crippen molar-refractivity contribution in [1.29, 1.82) is 0 Å². The summed E-state index contributed by atoms with van der Waals surface area (Å²) in [4.78, 5) is 14.2. The van der Waals surface area contributed by atoms with Crippen molar-refractivity contribution in [2.45, 2.75) is 82.4 Å². The van der Waals surface area contributed by atoms with Crippen LogP contribution in [0.1, 0.15) is 42.9 Å². The maximum Gasteiger partial charge on any atom is 0.335 e. The molecule has 1 aliphatic carbocycles. The maximum atomic E-state index is 11.7. The highest BCUT2D eigenvalue weighted by Crippen LogP contribution is 2.44. The second-order valence-electron chi connectivity index (χ2n) is 10.6. The van der Waals surface area contributed by atoms with Crippen LogP contribution in [0.3, 0.4) is 0 Å². The van der Waals surface area contributed by atoms with E-state index in [1.807, 2.05) is 36.4 Å². The topological polar surface area (TPSA) is 129 Å². The molecule has 38 heavy (non-hydrogen) atoms. The summed E-state index contributed by atoms with van der Waals surface area (Å²) in [6, 6.07) is 14.1. The lowest BCUT2D eigenvalue weighted by Crippen LogP contribution is -2.61. The monoisotopic (exact) mass is 527 g/mol. The highest BCUT2D eigenvalue weighted by Gasteiger charge is 2.49. The van der Waals surface area contributed by atoms with E-state index in [0.29, 0.717) is 30.1 Å². The second-order valence-corrected chi connectivity index (χ2v) is 10.6. The van der Waals surface area contributed by atoms with Crippen LogP contribution in [0.5, 0.6) is 11.5 Å². The van der Waals surface area contributed by atoms with Gasteiger partial charge in [-0.05, 0) is 68.3 Å². The van der Waals surface area contributed by atoms with Crippen LogP contribution in [0.2, 0.25) is 0 Å². The Morgan fingerprint density at radius 1 is 1.05 bits per heavy atom. The van der Waals surface area contributed by atoms with Gasteiger partial charge in [0.05, 0.1) is 0 Å². The van der Waals surface area contributed by atoms with Crippen LogP contribution < -0.4 is 9.47 Å². The number of carbonyl (C=O) groups is 1. The van der Waals surface area contributed by atoms with Crippen LogP contribution in [0.4, 0.5) is 0 Å². The first-order valence-electron chi connectivity index (χ1n) is 13.5. The van der Waals surface area contributed by atoms with Gasteiger partial charge in [-0.1, -0.05) is 43.3 Å². The molecule has 5 rings (SSSR count). The van der Waals surface area contributed by atoms with Crippen LogP contribution in [0, 0.1) is 5.92 Å². The predicted octanol–water partition coefficient (Wildman–Crippen LogP) is 2.13. The van der Waals surface area contributed by atoms with Gasteiger partial charge in [-0.15, -0.1) is 0 Å². The molecule has 9 nitrogen and oxygen atoms in total. The normalized spacial score (nSPS) is 31.2. The number of fused-ring (bicyclic) bond motifs is 2. The largest absolute Gasteiger partial charge is 0.485 e. The van der Waals surface area contributed by atoms with E-state index in [-0.39, 0.29) is 0 Å². The lowest BCUT2D eigenvalue weighted by atomic mass is 9.75. The van der Waals surface area contributed by atoms with E-state index < -0.39 is 36.7 Å². The average Bonchev–Trinajstić information content (AvgIpc) is 2.92. The number of aliphatic hydroxyl groups excluding tert-OH is 3. The number of ether oxygens (including phenoxy) is 3. The Labute approximate surface area is 222 Å². The summed E-state index contributed by atoms with van der Waals surface area (Å²) in [6.07, 6.45) is -3.45. The van der Waals surface area contributed by atoms with Gasteiger partial charge in [-0.3, -0.25) is 4.90 Å². The minimum Gasteiger partial charge on any atom is -0.485 e.